The standard InChI is InChI=1S/C20H25NO3.C18H21NO3.C17H18BrNO3.C17H18ClNO3.C17H18FNO3.C17H18INO3/c1-13(2)16-7-8-17(18(11-16)21-20(22)23-5)12-24-19-9-6-14(3)10-15(19)4;1-12-6-8-17(14(3)9-12)22-11-15-7-5-13(2)10-16(15)19-18(20)21-4;4*1-11-4-7-16(12(2)8-11)22-10-13-5-6-14(18)9-15(13)19-17(20)21-3/h6-11,13H,12H2,1-5H3,(H,21,22);5-10H,11H2,1-4H3,(H,19,20);4*4-9H,10H2,1-3H3,(H,19,20). The molecule has 0 heterocycles. The van der Waals surface area contributed by atoms with Crippen molar-refractivity contribution in [1.29, 1.82) is 0 Å². The van der Waals surface area contributed by atoms with E-state index in [0.29, 0.717) is 78.0 Å². The number of benzene rings is 12. The van der Waals surface area contributed by atoms with Gasteiger partial charge in [0.1, 0.15) is 80.0 Å². The summed E-state index contributed by atoms with van der Waals surface area (Å²) < 4.78 is 78.2. The van der Waals surface area contributed by atoms with Gasteiger partial charge in [0.05, 0.1) is 76.8 Å². The van der Waals surface area contributed by atoms with Gasteiger partial charge >= 0.3 is 36.6 Å². The van der Waals surface area contributed by atoms with Crippen molar-refractivity contribution < 1.29 is 90.0 Å². The van der Waals surface area contributed by atoms with Gasteiger partial charge in [0.15, 0.2) is 0 Å². The third-order valence-electron chi connectivity index (χ3n) is 20.2. The molecule has 134 heavy (non-hydrogen) atoms. The summed E-state index contributed by atoms with van der Waals surface area (Å²) in [6.45, 7) is 32.5. The molecule has 0 fully saturated rings. The van der Waals surface area contributed by atoms with E-state index in [1.54, 1.807) is 18.2 Å². The summed E-state index contributed by atoms with van der Waals surface area (Å²) in [4.78, 5) is 68.6. The zero-order chi connectivity index (χ0) is 98.3. The highest BCUT2D eigenvalue weighted by Gasteiger charge is 2.18. The van der Waals surface area contributed by atoms with Crippen molar-refractivity contribution in [2.75, 3.05) is 74.6 Å². The second kappa shape index (κ2) is 54.5. The molecule has 0 saturated heterocycles. The Labute approximate surface area is 812 Å². The van der Waals surface area contributed by atoms with Crippen LogP contribution in [0.1, 0.15) is 131 Å². The van der Waals surface area contributed by atoms with E-state index in [1.165, 1.54) is 82.6 Å². The van der Waals surface area contributed by atoms with Gasteiger partial charge in [-0.3, -0.25) is 31.9 Å². The largest absolute Gasteiger partial charge is 0.489 e. The zero-order valence-corrected chi connectivity index (χ0v) is 84.0. The molecule has 12 aromatic carbocycles. The van der Waals surface area contributed by atoms with Crippen LogP contribution in [-0.4, -0.2) is 79.2 Å². The Hall–Kier alpha value is -13.5. The van der Waals surface area contributed by atoms with Crippen LogP contribution >= 0.6 is 50.1 Å². The smallest absolute Gasteiger partial charge is 0.411 e. The molecule has 0 aliphatic rings. The molecule has 708 valence electrons. The molecule has 0 unspecified atom stereocenters. The highest BCUT2D eigenvalue weighted by Crippen LogP contribution is 2.33. The summed E-state index contributed by atoms with van der Waals surface area (Å²) in [7, 11) is 7.94. The lowest BCUT2D eigenvalue weighted by atomic mass is 10.0. The van der Waals surface area contributed by atoms with Crippen LogP contribution in [0.2, 0.25) is 5.02 Å². The lowest BCUT2D eigenvalue weighted by Crippen LogP contribution is -2.14. The van der Waals surface area contributed by atoms with Gasteiger partial charge in [0, 0.05) is 46.4 Å². The van der Waals surface area contributed by atoms with E-state index in [9.17, 15) is 33.2 Å². The average molecular weight is 2030 g/mol. The van der Waals surface area contributed by atoms with Gasteiger partial charge in [-0.05, 0) is 260 Å². The Balaban J connectivity index is 0.000000219. The number of methoxy groups -OCH3 is 6. The number of hydrogen-bond acceptors (Lipinski definition) is 18. The Bertz CT molecular complexity index is 5330. The molecule has 28 heteroatoms. The van der Waals surface area contributed by atoms with Crippen LogP contribution in [0, 0.1) is 99.4 Å². The lowest BCUT2D eigenvalue weighted by Gasteiger charge is -2.16. The van der Waals surface area contributed by atoms with Crippen molar-refractivity contribution in [2.24, 2.45) is 0 Å². The van der Waals surface area contributed by atoms with E-state index in [2.05, 4.69) is 158 Å². The first-order valence-corrected chi connectivity index (χ1v) is 44.8. The van der Waals surface area contributed by atoms with Crippen molar-refractivity contribution in [3.63, 3.8) is 0 Å². The first-order valence-electron chi connectivity index (χ1n) is 42.5. The molecule has 0 aliphatic heterocycles. The van der Waals surface area contributed by atoms with Crippen LogP contribution in [0.25, 0.3) is 0 Å². The fourth-order valence-electron chi connectivity index (χ4n) is 13.0. The van der Waals surface area contributed by atoms with Crippen LogP contribution < -0.4 is 60.3 Å². The number of halogens is 4. The minimum Gasteiger partial charge on any atom is -0.489 e. The monoisotopic (exact) mass is 2020 g/mol. The second-order valence-corrected chi connectivity index (χ2v) is 34.1. The van der Waals surface area contributed by atoms with Crippen molar-refractivity contribution >= 4 is 121 Å². The maximum Gasteiger partial charge on any atom is 0.411 e. The summed E-state index contributed by atoms with van der Waals surface area (Å²) in [5.41, 5.74) is 24.5. The highest BCUT2D eigenvalue weighted by atomic mass is 127. The first-order chi connectivity index (χ1) is 63.9. The van der Waals surface area contributed by atoms with Crippen LogP contribution in [0.4, 0.5) is 67.3 Å². The molecule has 6 N–H and O–H groups in total. The summed E-state index contributed by atoms with van der Waals surface area (Å²) in [5.74, 6) is 4.85. The van der Waals surface area contributed by atoms with Gasteiger partial charge in [0.25, 0.3) is 0 Å². The molecule has 6 amide bonds. The van der Waals surface area contributed by atoms with Crippen LogP contribution in [-0.2, 0) is 68.1 Å². The number of rotatable bonds is 25. The summed E-state index contributed by atoms with van der Waals surface area (Å²) >= 11 is 11.6. The molecule has 24 nitrogen and oxygen atoms in total. The first kappa shape index (κ1) is 108. The fraction of sp³-hybridized carbons (Fsp3) is 0.264. The number of aryl methyl sites for hydroxylation is 13. The van der Waals surface area contributed by atoms with Crippen LogP contribution in [0.15, 0.2) is 223 Å². The van der Waals surface area contributed by atoms with E-state index in [4.69, 9.17) is 44.8 Å². The predicted molar refractivity (Wildman–Crippen MR) is 541 cm³/mol. The highest BCUT2D eigenvalue weighted by molar-refractivity contribution is 14.1. The van der Waals surface area contributed by atoms with E-state index in [1.807, 2.05) is 228 Å². The SMILES string of the molecule is COC(=O)Nc1cc(Br)ccc1COc1ccc(C)cc1C.COC(=O)Nc1cc(C(C)C)ccc1COc1ccc(C)cc1C.COC(=O)Nc1cc(C)ccc1COc1ccc(C)cc1C.COC(=O)Nc1cc(Cl)ccc1COc1ccc(C)cc1C.COC(=O)Nc1cc(F)ccc1COc1ccc(C)cc1C.COC(=O)Nc1cc(I)ccc1COc1ccc(C)cc1C. The Morgan fingerprint density at radius 2 is 0.522 bits per heavy atom. The van der Waals surface area contributed by atoms with E-state index in [0.717, 1.165) is 126 Å². The average Bonchev–Trinajstić information content (AvgIpc) is 0.831. The maximum atomic E-state index is 13.3. The third-order valence-corrected chi connectivity index (χ3v) is 21.6. The number of amides is 6. The summed E-state index contributed by atoms with van der Waals surface area (Å²) in [6.07, 6.45) is -3.17. The van der Waals surface area contributed by atoms with E-state index < -0.39 is 42.4 Å². The van der Waals surface area contributed by atoms with Crippen molar-refractivity contribution in [3.05, 3.63) is 349 Å². The van der Waals surface area contributed by atoms with Crippen molar-refractivity contribution in [2.45, 2.75) is 149 Å². The van der Waals surface area contributed by atoms with Gasteiger partial charge in [0.2, 0.25) is 0 Å². The normalized spacial score (nSPS) is 10.3. The number of ether oxygens (including phenoxy) is 12. The topological polar surface area (TPSA) is 285 Å². The van der Waals surface area contributed by atoms with E-state index >= 15 is 0 Å². The third kappa shape index (κ3) is 36.2. The molecule has 0 spiro atoms. The molecule has 12 rings (SSSR count). The van der Waals surface area contributed by atoms with Crippen LogP contribution in [0.5, 0.6) is 34.5 Å². The molecular weight excluding hydrogens is 1910 g/mol. The maximum absolute atomic E-state index is 13.3. The van der Waals surface area contributed by atoms with E-state index in [-0.39, 0.29) is 6.61 Å². The molecule has 0 aliphatic carbocycles. The lowest BCUT2D eigenvalue weighted by molar-refractivity contribution is 0.186. The van der Waals surface area contributed by atoms with Gasteiger partial charge in [-0.1, -0.05) is 196 Å². The van der Waals surface area contributed by atoms with Gasteiger partial charge < -0.3 is 56.8 Å². The fourth-order valence-corrected chi connectivity index (χ4v) is 14.0. The zero-order valence-electron chi connectivity index (χ0n) is 79.5. The van der Waals surface area contributed by atoms with Crippen molar-refractivity contribution in [1.82, 2.24) is 0 Å². The van der Waals surface area contributed by atoms with Gasteiger partial charge in [-0.25, -0.2) is 33.2 Å². The molecule has 0 radical (unpaired) electrons. The van der Waals surface area contributed by atoms with Crippen LogP contribution in [0.3, 0.4) is 0 Å². The minimum atomic E-state index is -0.654. The predicted octanol–water partition coefficient (Wildman–Crippen LogP) is 28.0. The second-order valence-electron chi connectivity index (χ2n) is 31.5. The molecule has 0 saturated carbocycles. The summed E-state index contributed by atoms with van der Waals surface area (Å²) in [6, 6.07) is 68.8. The van der Waals surface area contributed by atoms with Crippen molar-refractivity contribution in [3.8, 4) is 34.5 Å². The van der Waals surface area contributed by atoms with Gasteiger partial charge in [-0.15, -0.1) is 0 Å². The molecule has 12 aromatic rings. The Morgan fingerprint density at radius 3 is 0.821 bits per heavy atom. The quantitative estimate of drug-likeness (QED) is 0.0229. The van der Waals surface area contributed by atoms with Gasteiger partial charge in [-0.2, -0.15) is 0 Å². The molecular formula is C106H118BrClFIN6O18. The number of hydrogen-bond donors (Lipinski definition) is 6. The Morgan fingerprint density at radius 1 is 0.291 bits per heavy atom. The number of carbonyl (C=O) groups is 6. The minimum absolute atomic E-state index is 0.212. The number of anilines is 6. The Kier molecular flexibility index (Phi) is 43.7. The molecule has 0 bridgehead atoms. The number of nitrogens with one attached hydrogen (secondary N) is 6. The molecule has 0 aromatic heterocycles. The summed E-state index contributed by atoms with van der Waals surface area (Å²) in [5, 5.41) is 16.5. The number of carbonyl (C=O) groups excluding carboxylic acids is 6. The molecule has 0 atom stereocenters.